The van der Waals surface area contributed by atoms with Crippen LogP contribution in [0.5, 0.6) is 0 Å². The lowest BCUT2D eigenvalue weighted by Crippen LogP contribution is -2.25. The maximum atomic E-state index is 11.7. The van der Waals surface area contributed by atoms with E-state index in [1.54, 1.807) is 18.2 Å². The van der Waals surface area contributed by atoms with Gasteiger partial charge in [0.2, 0.25) is 5.91 Å². The Bertz CT molecular complexity index is 704. The van der Waals surface area contributed by atoms with Gasteiger partial charge in [0, 0.05) is 34.0 Å². The number of hydrogen-bond donors (Lipinski definition) is 3. The minimum atomic E-state index is -1.05. The van der Waals surface area contributed by atoms with E-state index in [4.69, 9.17) is 11.6 Å². The predicted octanol–water partition coefficient (Wildman–Crippen LogP) is 2.55. The van der Waals surface area contributed by atoms with E-state index >= 15 is 0 Å². The fraction of sp³-hybridized carbons (Fsp3) is 0.286. The number of aromatic amines is 1. The predicted molar refractivity (Wildman–Crippen MR) is 74.8 cm³/mol. The summed E-state index contributed by atoms with van der Waals surface area (Å²) in [6.07, 6.45) is 1.83. The van der Waals surface area contributed by atoms with Crippen molar-refractivity contribution in [3.63, 3.8) is 0 Å². The topological polar surface area (TPSA) is 82.2 Å². The lowest BCUT2D eigenvalue weighted by Gasteiger charge is -2.05. The van der Waals surface area contributed by atoms with E-state index in [2.05, 4.69) is 10.3 Å². The molecule has 1 amide bonds. The Labute approximate surface area is 119 Å². The zero-order chi connectivity index (χ0) is 14.3. The van der Waals surface area contributed by atoms with Crippen molar-refractivity contribution in [2.24, 2.45) is 5.92 Å². The number of carboxylic acids is 1. The van der Waals surface area contributed by atoms with Crippen LogP contribution in [0.25, 0.3) is 10.9 Å². The lowest BCUT2D eigenvalue weighted by atomic mass is 10.1. The monoisotopic (exact) mass is 292 g/mol. The number of rotatable bonds is 4. The van der Waals surface area contributed by atoms with Crippen molar-refractivity contribution in [3.8, 4) is 0 Å². The molecule has 1 aliphatic rings. The second kappa shape index (κ2) is 4.83. The molecule has 0 unspecified atom stereocenters. The maximum Gasteiger partial charge on any atom is 0.352 e. The van der Waals surface area contributed by atoms with E-state index in [1.165, 1.54) is 0 Å². The van der Waals surface area contributed by atoms with Gasteiger partial charge in [-0.25, -0.2) is 4.79 Å². The number of carboxylic acid groups (broad SMARTS) is 1. The van der Waals surface area contributed by atoms with Crippen LogP contribution in [0.2, 0.25) is 5.02 Å². The van der Waals surface area contributed by atoms with Crippen LogP contribution in [0.3, 0.4) is 0 Å². The zero-order valence-electron chi connectivity index (χ0n) is 10.6. The molecule has 1 aromatic heterocycles. The minimum Gasteiger partial charge on any atom is -0.477 e. The highest BCUT2D eigenvalue weighted by atomic mass is 35.5. The van der Waals surface area contributed by atoms with Gasteiger partial charge in [0.15, 0.2) is 0 Å². The molecule has 2 aromatic rings. The van der Waals surface area contributed by atoms with Crippen LogP contribution in [0, 0.1) is 5.92 Å². The molecular formula is C14H13ClN2O3. The highest BCUT2D eigenvalue weighted by Gasteiger charge is 2.29. The zero-order valence-corrected chi connectivity index (χ0v) is 11.3. The van der Waals surface area contributed by atoms with E-state index in [1.807, 2.05) is 0 Å². The minimum absolute atomic E-state index is 0.0160. The Balaban J connectivity index is 1.96. The number of fused-ring (bicyclic) bond motifs is 1. The van der Waals surface area contributed by atoms with Crippen LogP contribution in [-0.2, 0) is 11.3 Å². The summed E-state index contributed by atoms with van der Waals surface area (Å²) in [5.41, 5.74) is 1.35. The molecule has 0 spiro atoms. The van der Waals surface area contributed by atoms with Crippen LogP contribution < -0.4 is 5.32 Å². The number of benzene rings is 1. The van der Waals surface area contributed by atoms with E-state index in [-0.39, 0.29) is 24.1 Å². The van der Waals surface area contributed by atoms with Crippen molar-refractivity contribution in [1.82, 2.24) is 10.3 Å². The van der Waals surface area contributed by atoms with Crippen LogP contribution >= 0.6 is 11.6 Å². The average molecular weight is 293 g/mol. The van der Waals surface area contributed by atoms with Gasteiger partial charge in [-0.05, 0) is 31.0 Å². The highest BCUT2D eigenvalue weighted by Crippen LogP contribution is 2.30. The van der Waals surface area contributed by atoms with Crippen LogP contribution in [0.15, 0.2) is 18.2 Å². The first-order valence-electron chi connectivity index (χ1n) is 6.37. The second-order valence-electron chi connectivity index (χ2n) is 4.97. The fourth-order valence-electron chi connectivity index (χ4n) is 2.25. The van der Waals surface area contributed by atoms with Gasteiger partial charge in [0.1, 0.15) is 5.69 Å². The number of carbonyl (C=O) groups excluding carboxylic acids is 1. The van der Waals surface area contributed by atoms with Gasteiger partial charge in [0.05, 0.1) is 0 Å². The van der Waals surface area contributed by atoms with Gasteiger partial charge in [-0.2, -0.15) is 0 Å². The Kier molecular flexibility index (Phi) is 3.14. The van der Waals surface area contributed by atoms with Gasteiger partial charge < -0.3 is 15.4 Å². The fourth-order valence-corrected chi connectivity index (χ4v) is 2.42. The molecule has 1 saturated carbocycles. The third kappa shape index (κ3) is 2.36. The summed E-state index contributed by atoms with van der Waals surface area (Å²) in [5, 5.41) is 13.3. The first-order valence-corrected chi connectivity index (χ1v) is 6.75. The highest BCUT2D eigenvalue weighted by molar-refractivity contribution is 6.31. The molecule has 0 atom stereocenters. The van der Waals surface area contributed by atoms with E-state index in [0.29, 0.717) is 16.1 Å². The van der Waals surface area contributed by atoms with Crippen LogP contribution in [0.1, 0.15) is 28.9 Å². The van der Waals surface area contributed by atoms with Crippen molar-refractivity contribution in [1.29, 1.82) is 0 Å². The quantitative estimate of drug-likeness (QED) is 0.810. The number of nitrogens with one attached hydrogen (secondary N) is 2. The number of H-pyrrole nitrogens is 1. The summed E-state index contributed by atoms with van der Waals surface area (Å²) in [4.78, 5) is 25.8. The van der Waals surface area contributed by atoms with Crippen molar-refractivity contribution in [2.75, 3.05) is 0 Å². The number of amides is 1. The average Bonchev–Trinajstić information content (AvgIpc) is 3.18. The molecule has 104 valence electrons. The Morgan fingerprint density at radius 2 is 2.15 bits per heavy atom. The molecule has 6 heteroatoms. The normalized spacial score (nSPS) is 14.4. The van der Waals surface area contributed by atoms with Crippen LogP contribution in [-0.4, -0.2) is 22.0 Å². The SMILES string of the molecule is O=C(O)c1[nH]c2ccc(Cl)cc2c1CNC(=O)C1CC1. The number of carbonyl (C=O) groups is 2. The molecule has 1 fully saturated rings. The van der Waals surface area contributed by atoms with E-state index in [0.717, 1.165) is 18.2 Å². The van der Waals surface area contributed by atoms with E-state index in [9.17, 15) is 14.7 Å². The van der Waals surface area contributed by atoms with Gasteiger partial charge >= 0.3 is 5.97 Å². The third-order valence-corrected chi connectivity index (χ3v) is 3.70. The Morgan fingerprint density at radius 1 is 1.40 bits per heavy atom. The molecule has 20 heavy (non-hydrogen) atoms. The molecule has 3 N–H and O–H groups in total. The largest absolute Gasteiger partial charge is 0.477 e. The smallest absolute Gasteiger partial charge is 0.352 e. The maximum absolute atomic E-state index is 11.7. The molecule has 3 rings (SSSR count). The molecule has 1 aromatic carbocycles. The third-order valence-electron chi connectivity index (χ3n) is 3.47. The Hall–Kier alpha value is -2.01. The van der Waals surface area contributed by atoms with Crippen molar-refractivity contribution < 1.29 is 14.7 Å². The summed E-state index contributed by atoms with van der Waals surface area (Å²) >= 11 is 5.95. The van der Waals surface area contributed by atoms with Crippen molar-refractivity contribution >= 4 is 34.4 Å². The van der Waals surface area contributed by atoms with E-state index < -0.39 is 5.97 Å². The van der Waals surface area contributed by atoms with Gasteiger partial charge in [-0.1, -0.05) is 11.6 Å². The first-order chi connectivity index (χ1) is 9.56. The van der Waals surface area contributed by atoms with Crippen molar-refractivity contribution in [3.05, 3.63) is 34.5 Å². The number of halogens is 1. The number of aromatic carboxylic acids is 1. The number of hydrogen-bond acceptors (Lipinski definition) is 2. The number of aromatic nitrogens is 1. The van der Waals surface area contributed by atoms with Gasteiger partial charge in [-0.15, -0.1) is 0 Å². The standard InChI is InChI=1S/C14H13ClN2O3/c15-8-3-4-11-9(5-8)10(12(17-11)14(19)20)6-16-13(18)7-1-2-7/h3-5,7,17H,1-2,6H2,(H,16,18)(H,19,20). The van der Waals surface area contributed by atoms with Crippen LogP contribution in [0.4, 0.5) is 0 Å². The summed E-state index contributed by atoms with van der Waals surface area (Å²) in [5.74, 6) is -0.970. The molecule has 5 nitrogen and oxygen atoms in total. The van der Waals surface area contributed by atoms with Gasteiger partial charge in [-0.3, -0.25) is 4.79 Å². The summed E-state index contributed by atoms with van der Waals surface area (Å²) in [6, 6.07) is 5.13. The lowest BCUT2D eigenvalue weighted by molar-refractivity contribution is -0.122. The second-order valence-corrected chi connectivity index (χ2v) is 5.40. The molecule has 1 heterocycles. The Morgan fingerprint density at radius 3 is 2.80 bits per heavy atom. The molecule has 0 radical (unpaired) electrons. The molecule has 0 aliphatic heterocycles. The molecular weight excluding hydrogens is 280 g/mol. The molecule has 0 saturated heterocycles. The first kappa shape index (κ1) is 13.0. The van der Waals surface area contributed by atoms with Gasteiger partial charge in [0.25, 0.3) is 0 Å². The summed E-state index contributed by atoms with van der Waals surface area (Å²) in [6.45, 7) is 0.192. The van der Waals surface area contributed by atoms with Crippen molar-refractivity contribution in [2.45, 2.75) is 19.4 Å². The summed E-state index contributed by atoms with van der Waals surface area (Å²) < 4.78 is 0. The molecule has 1 aliphatic carbocycles. The molecule has 0 bridgehead atoms. The summed E-state index contributed by atoms with van der Waals surface area (Å²) in [7, 11) is 0.